The number of aliphatic carboxylic acids is 1. The van der Waals surface area contributed by atoms with E-state index in [9.17, 15) is 17.6 Å². The summed E-state index contributed by atoms with van der Waals surface area (Å²) in [5.41, 5.74) is 0.278. The Bertz CT molecular complexity index is 626. The number of hydrogen-bond donors (Lipinski definition) is 2. The largest absolute Gasteiger partial charge is 0.478 e. The molecule has 1 rings (SSSR count). The molecular formula is C14H18FNO4S. The summed E-state index contributed by atoms with van der Waals surface area (Å²) < 4.78 is 40.0. The summed E-state index contributed by atoms with van der Waals surface area (Å²) in [7, 11) is -3.88. The molecule has 5 nitrogen and oxygen atoms in total. The standard InChI is InChI=1S/C14H18FNO4S/c1-2-3-4-9-16-21(19,20)13-7-5-11(10-12(13)15)6-8-14(17)18/h5-8,10,16H,2-4,9H2,1H3,(H,17,18)/b8-6+. The number of carbonyl (C=O) groups is 1. The lowest BCUT2D eigenvalue weighted by molar-refractivity contribution is -0.131. The number of halogens is 1. The van der Waals surface area contributed by atoms with Gasteiger partial charge in [0.15, 0.2) is 0 Å². The molecule has 21 heavy (non-hydrogen) atoms. The van der Waals surface area contributed by atoms with Crippen molar-refractivity contribution in [2.45, 2.75) is 31.1 Å². The minimum absolute atomic E-state index is 0.260. The molecule has 0 spiro atoms. The van der Waals surface area contributed by atoms with E-state index < -0.39 is 26.7 Å². The van der Waals surface area contributed by atoms with Crippen LogP contribution in [0.1, 0.15) is 31.7 Å². The highest BCUT2D eigenvalue weighted by Crippen LogP contribution is 2.17. The van der Waals surface area contributed by atoms with Crippen LogP contribution in [0, 0.1) is 5.82 Å². The summed E-state index contributed by atoms with van der Waals surface area (Å²) >= 11 is 0. The monoisotopic (exact) mass is 315 g/mol. The Morgan fingerprint density at radius 2 is 2.10 bits per heavy atom. The van der Waals surface area contributed by atoms with Crippen LogP contribution in [0.3, 0.4) is 0 Å². The number of carboxylic acid groups (broad SMARTS) is 1. The molecule has 0 aliphatic carbocycles. The van der Waals surface area contributed by atoms with Gasteiger partial charge in [-0.15, -0.1) is 0 Å². The van der Waals surface area contributed by atoms with Crippen molar-refractivity contribution in [3.8, 4) is 0 Å². The predicted octanol–water partition coefficient (Wildman–Crippen LogP) is 2.39. The summed E-state index contributed by atoms with van der Waals surface area (Å²) in [4.78, 5) is 9.93. The third-order valence-corrected chi connectivity index (χ3v) is 4.23. The Balaban J connectivity index is 2.86. The number of unbranched alkanes of at least 4 members (excludes halogenated alkanes) is 2. The zero-order valence-electron chi connectivity index (χ0n) is 11.7. The lowest BCUT2D eigenvalue weighted by Crippen LogP contribution is -2.25. The molecule has 0 heterocycles. The van der Waals surface area contributed by atoms with E-state index in [0.29, 0.717) is 6.42 Å². The average Bonchev–Trinajstić information content (AvgIpc) is 2.41. The number of benzene rings is 1. The number of rotatable bonds is 8. The van der Waals surface area contributed by atoms with E-state index in [4.69, 9.17) is 5.11 Å². The van der Waals surface area contributed by atoms with Crippen molar-refractivity contribution in [2.24, 2.45) is 0 Å². The first-order valence-electron chi connectivity index (χ1n) is 6.57. The van der Waals surface area contributed by atoms with Crippen LogP contribution in [0.2, 0.25) is 0 Å². The number of carboxylic acids is 1. The number of hydrogen-bond acceptors (Lipinski definition) is 3. The van der Waals surface area contributed by atoms with Gasteiger partial charge < -0.3 is 5.11 Å². The van der Waals surface area contributed by atoms with Crippen LogP contribution in [0.5, 0.6) is 0 Å². The van der Waals surface area contributed by atoms with Crippen molar-refractivity contribution in [1.82, 2.24) is 4.72 Å². The molecule has 0 aliphatic heterocycles. The van der Waals surface area contributed by atoms with E-state index in [1.807, 2.05) is 6.92 Å². The zero-order chi connectivity index (χ0) is 15.9. The van der Waals surface area contributed by atoms with E-state index in [-0.39, 0.29) is 12.1 Å². The fourth-order valence-electron chi connectivity index (χ4n) is 1.67. The lowest BCUT2D eigenvalue weighted by Gasteiger charge is -2.08. The molecule has 7 heteroatoms. The summed E-state index contributed by atoms with van der Waals surface area (Å²) in [6.07, 6.45) is 4.59. The average molecular weight is 315 g/mol. The highest BCUT2D eigenvalue weighted by molar-refractivity contribution is 7.89. The number of nitrogens with one attached hydrogen (secondary N) is 1. The molecule has 116 valence electrons. The second-order valence-electron chi connectivity index (χ2n) is 4.47. The second kappa shape index (κ2) is 7.90. The molecule has 0 fully saturated rings. The Morgan fingerprint density at radius 1 is 1.38 bits per heavy atom. The van der Waals surface area contributed by atoms with E-state index in [1.165, 1.54) is 12.1 Å². The predicted molar refractivity (Wildman–Crippen MR) is 77.8 cm³/mol. The van der Waals surface area contributed by atoms with Crippen LogP contribution in [-0.2, 0) is 14.8 Å². The maximum absolute atomic E-state index is 13.8. The van der Waals surface area contributed by atoms with Gasteiger partial charge in [-0.25, -0.2) is 22.3 Å². The normalized spacial score (nSPS) is 11.9. The van der Waals surface area contributed by atoms with Gasteiger partial charge in [-0.2, -0.15) is 0 Å². The maximum atomic E-state index is 13.8. The highest BCUT2D eigenvalue weighted by Gasteiger charge is 2.18. The first-order chi connectivity index (χ1) is 9.86. The van der Waals surface area contributed by atoms with Crippen molar-refractivity contribution in [1.29, 1.82) is 0 Å². The van der Waals surface area contributed by atoms with Gasteiger partial charge in [0.1, 0.15) is 10.7 Å². The minimum atomic E-state index is -3.88. The second-order valence-corrected chi connectivity index (χ2v) is 6.20. The van der Waals surface area contributed by atoms with Gasteiger partial charge in [-0.1, -0.05) is 25.8 Å². The Labute approximate surface area is 123 Å². The SMILES string of the molecule is CCCCCNS(=O)(=O)c1ccc(/C=C/C(=O)O)cc1F. The van der Waals surface area contributed by atoms with E-state index in [0.717, 1.165) is 31.1 Å². The van der Waals surface area contributed by atoms with Crippen molar-refractivity contribution in [2.75, 3.05) is 6.54 Å². The zero-order valence-corrected chi connectivity index (χ0v) is 12.5. The van der Waals surface area contributed by atoms with Gasteiger partial charge in [0.05, 0.1) is 0 Å². The molecule has 0 aliphatic rings. The first-order valence-corrected chi connectivity index (χ1v) is 8.05. The van der Waals surface area contributed by atoms with Crippen LogP contribution in [0.4, 0.5) is 4.39 Å². The van der Waals surface area contributed by atoms with Crippen molar-refractivity contribution in [3.63, 3.8) is 0 Å². The van der Waals surface area contributed by atoms with Crippen LogP contribution >= 0.6 is 0 Å². The maximum Gasteiger partial charge on any atom is 0.328 e. The quantitative estimate of drug-likeness (QED) is 0.570. The summed E-state index contributed by atoms with van der Waals surface area (Å²) in [6, 6.07) is 3.46. The molecule has 0 saturated carbocycles. The fourth-order valence-corrected chi connectivity index (χ4v) is 2.80. The molecular weight excluding hydrogens is 297 g/mol. The number of sulfonamides is 1. The minimum Gasteiger partial charge on any atom is -0.478 e. The molecule has 0 amide bonds. The Kier molecular flexibility index (Phi) is 6.51. The van der Waals surface area contributed by atoms with Crippen LogP contribution in [0.15, 0.2) is 29.2 Å². The molecule has 1 aromatic rings. The third kappa shape index (κ3) is 5.65. The highest BCUT2D eigenvalue weighted by atomic mass is 32.2. The molecule has 1 aromatic carbocycles. The summed E-state index contributed by atoms with van der Waals surface area (Å²) in [5.74, 6) is -2.07. The van der Waals surface area contributed by atoms with E-state index in [2.05, 4.69) is 4.72 Å². The molecule has 0 radical (unpaired) electrons. The fraction of sp³-hybridized carbons (Fsp3) is 0.357. The molecule has 0 bridgehead atoms. The molecule has 0 atom stereocenters. The smallest absolute Gasteiger partial charge is 0.328 e. The van der Waals surface area contributed by atoms with Crippen molar-refractivity contribution in [3.05, 3.63) is 35.7 Å². The molecule has 0 unspecified atom stereocenters. The van der Waals surface area contributed by atoms with Gasteiger partial charge >= 0.3 is 5.97 Å². The first kappa shape index (κ1) is 17.3. The van der Waals surface area contributed by atoms with Crippen molar-refractivity contribution >= 4 is 22.1 Å². The van der Waals surface area contributed by atoms with E-state index in [1.54, 1.807) is 0 Å². The van der Waals surface area contributed by atoms with Gasteiger partial charge in [-0.05, 0) is 30.2 Å². The molecule has 0 saturated heterocycles. The van der Waals surface area contributed by atoms with Crippen LogP contribution < -0.4 is 4.72 Å². The van der Waals surface area contributed by atoms with Crippen molar-refractivity contribution < 1.29 is 22.7 Å². The van der Waals surface area contributed by atoms with Gasteiger partial charge in [0.25, 0.3) is 0 Å². The topological polar surface area (TPSA) is 83.5 Å². The Hall–Kier alpha value is -1.73. The lowest BCUT2D eigenvalue weighted by atomic mass is 10.2. The third-order valence-electron chi connectivity index (χ3n) is 2.74. The van der Waals surface area contributed by atoms with E-state index >= 15 is 0 Å². The van der Waals surface area contributed by atoms with Gasteiger partial charge in [-0.3, -0.25) is 0 Å². The summed E-state index contributed by atoms with van der Waals surface area (Å²) in [5, 5.41) is 8.48. The summed E-state index contributed by atoms with van der Waals surface area (Å²) in [6.45, 7) is 2.26. The Morgan fingerprint density at radius 3 is 2.67 bits per heavy atom. The van der Waals surface area contributed by atoms with Crippen LogP contribution in [-0.4, -0.2) is 26.0 Å². The van der Waals surface area contributed by atoms with Gasteiger partial charge in [0.2, 0.25) is 10.0 Å². The molecule has 2 N–H and O–H groups in total. The van der Waals surface area contributed by atoms with Gasteiger partial charge in [0, 0.05) is 12.6 Å². The molecule has 0 aromatic heterocycles. The van der Waals surface area contributed by atoms with Crippen LogP contribution in [0.25, 0.3) is 6.08 Å².